The number of hydrogen-bond acceptors (Lipinski definition) is 2. The van der Waals surface area contributed by atoms with E-state index in [1.54, 1.807) is 12.3 Å². The first-order chi connectivity index (χ1) is 6.20. The molecule has 2 aromatic heterocycles. The highest BCUT2D eigenvalue weighted by atomic mass is 16.4. The zero-order valence-electron chi connectivity index (χ0n) is 7.03. The quantitative estimate of drug-likeness (QED) is 0.693. The highest BCUT2D eigenvalue weighted by Crippen LogP contribution is 2.19. The predicted octanol–water partition coefficient (Wildman–Crippen LogP) is 1.57. The summed E-state index contributed by atoms with van der Waals surface area (Å²) < 4.78 is 0. The number of carboxylic acid groups (broad SMARTS) is 1. The smallest absolute Gasteiger partial charge is 0.337 e. The lowest BCUT2D eigenvalue weighted by molar-refractivity contribution is 0.0699. The average molecular weight is 176 g/mol. The molecule has 0 amide bonds. The predicted molar refractivity (Wildman–Crippen MR) is 47.8 cm³/mol. The van der Waals surface area contributed by atoms with E-state index in [-0.39, 0.29) is 5.56 Å². The highest BCUT2D eigenvalue weighted by Gasteiger charge is 2.12. The van der Waals surface area contributed by atoms with Gasteiger partial charge in [-0.25, -0.2) is 9.78 Å². The van der Waals surface area contributed by atoms with Crippen molar-refractivity contribution in [2.75, 3.05) is 0 Å². The van der Waals surface area contributed by atoms with Gasteiger partial charge in [-0.05, 0) is 18.6 Å². The number of carbonyl (C=O) groups is 1. The van der Waals surface area contributed by atoms with Gasteiger partial charge in [-0.2, -0.15) is 0 Å². The summed E-state index contributed by atoms with van der Waals surface area (Å²) in [5, 5.41) is 9.54. The number of aromatic carboxylic acids is 1. The van der Waals surface area contributed by atoms with Crippen molar-refractivity contribution >= 4 is 17.0 Å². The van der Waals surface area contributed by atoms with Crippen LogP contribution in [-0.4, -0.2) is 21.0 Å². The number of aryl methyl sites for hydroxylation is 1. The Labute approximate surface area is 74.2 Å². The fourth-order valence-electron chi connectivity index (χ4n) is 1.39. The molecule has 2 aromatic rings. The Bertz CT molecular complexity index is 473. The van der Waals surface area contributed by atoms with Gasteiger partial charge >= 0.3 is 5.97 Å². The van der Waals surface area contributed by atoms with E-state index in [1.807, 2.05) is 6.92 Å². The van der Waals surface area contributed by atoms with Crippen molar-refractivity contribution in [2.45, 2.75) is 6.92 Å². The van der Waals surface area contributed by atoms with Crippen molar-refractivity contribution in [3.05, 3.63) is 29.6 Å². The molecule has 2 rings (SSSR count). The average Bonchev–Trinajstić information content (AvgIpc) is 2.49. The molecule has 0 atom stereocenters. The summed E-state index contributed by atoms with van der Waals surface area (Å²) in [4.78, 5) is 17.6. The molecule has 13 heavy (non-hydrogen) atoms. The molecular weight excluding hydrogens is 168 g/mol. The lowest BCUT2D eigenvalue weighted by Crippen LogP contribution is -1.94. The van der Waals surface area contributed by atoms with Crippen LogP contribution < -0.4 is 0 Å². The van der Waals surface area contributed by atoms with E-state index in [4.69, 9.17) is 5.11 Å². The third kappa shape index (κ3) is 1.07. The van der Waals surface area contributed by atoms with E-state index in [1.165, 1.54) is 6.20 Å². The van der Waals surface area contributed by atoms with Gasteiger partial charge in [0, 0.05) is 17.8 Å². The molecule has 0 fully saturated rings. The van der Waals surface area contributed by atoms with Gasteiger partial charge in [-0.15, -0.1) is 0 Å². The number of aromatic amines is 1. The van der Waals surface area contributed by atoms with Gasteiger partial charge in [0.2, 0.25) is 0 Å². The molecule has 0 unspecified atom stereocenters. The van der Waals surface area contributed by atoms with Crippen molar-refractivity contribution in [1.29, 1.82) is 0 Å². The molecule has 0 aromatic carbocycles. The third-order valence-electron chi connectivity index (χ3n) is 2.01. The van der Waals surface area contributed by atoms with Crippen molar-refractivity contribution in [3.8, 4) is 0 Å². The van der Waals surface area contributed by atoms with Gasteiger partial charge in [0.15, 0.2) is 0 Å². The maximum absolute atomic E-state index is 10.8. The van der Waals surface area contributed by atoms with Crippen LogP contribution in [0.2, 0.25) is 0 Å². The number of nitrogens with one attached hydrogen (secondary N) is 1. The molecular formula is C9H8N2O2. The highest BCUT2D eigenvalue weighted by molar-refractivity contribution is 6.03. The second-order valence-corrected chi connectivity index (χ2v) is 2.86. The third-order valence-corrected chi connectivity index (χ3v) is 2.01. The van der Waals surface area contributed by atoms with Gasteiger partial charge in [0.1, 0.15) is 5.65 Å². The number of pyridine rings is 1. The first-order valence-electron chi connectivity index (χ1n) is 3.86. The van der Waals surface area contributed by atoms with Crippen molar-refractivity contribution in [2.24, 2.45) is 0 Å². The Morgan fingerprint density at radius 1 is 1.62 bits per heavy atom. The van der Waals surface area contributed by atoms with E-state index in [0.717, 1.165) is 5.56 Å². The molecule has 0 radical (unpaired) electrons. The number of rotatable bonds is 1. The Balaban J connectivity index is 2.86. The van der Waals surface area contributed by atoms with Crippen LogP contribution in [0.25, 0.3) is 11.0 Å². The van der Waals surface area contributed by atoms with Crippen LogP contribution in [0.3, 0.4) is 0 Å². The molecule has 0 saturated heterocycles. The van der Waals surface area contributed by atoms with Gasteiger partial charge in [0.25, 0.3) is 0 Å². The van der Waals surface area contributed by atoms with Gasteiger partial charge in [-0.3, -0.25) is 0 Å². The lowest BCUT2D eigenvalue weighted by atomic mass is 10.1. The molecule has 0 aliphatic heterocycles. The molecule has 0 spiro atoms. The first kappa shape index (κ1) is 7.79. The molecule has 0 bridgehead atoms. The molecule has 0 aliphatic carbocycles. The van der Waals surface area contributed by atoms with E-state index >= 15 is 0 Å². The molecule has 4 nitrogen and oxygen atoms in total. The minimum absolute atomic E-state index is 0.278. The summed E-state index contributed by atoms with van der Waals surface area (Å²) in [7, 11) is 0. The number of nitrogens with zero attached hydrogens (tertiary/aromatic N) is 1. The van der Waals surface area contributed by atoms with E-state index in [2.05, 4.69) is 9.97 Å². The SMILES string of the molecule is Cc1ccnc2[nH]cc(C(=O)O)c12. The monoisotopic (exact) mass is 176 g/mol. The number of hydrogen-bond donors (Lipinski definition) is 2. The van der Waals surface area contributed by atoms with Crippen molar-refractivity contribution in [1.82, 2.24) is 9.97 Å². The van der Waals surface area contributed by atoms with Crippen molar-refractivity contribution in [3.63, 3.8) is 0 Å². The zero-order valence-corrected chi connectivity index (χ0v) is 7.03. The molecule has 2 heterocycles. The standard InChI is InChI=1S/C9H8N2O2/c1-5-2-3-10-8-7(5)6(4-11-8)9(12)13/h2-4H,1H3,(H,10,11)(H,12,13). The fourth-order valence-corrected chi connectivity index (χ4v) is 1.39. The maximum atomic E-state index is 10.8. The second-order valence-electron chi connectivity index (χ2n) is 2.86. The topological polar surface area (TPSA) is 66.0 Å². The van der Waals surface area contributed by atoms with Crippen LogP contribution in [-0.2, 0) is 0 Å². The fraction of sp³-hybridized carbons (Fsp3) is 0.111. The van der Waals surface area contributed by atoms with Crippen LogP contribution >= 0.6 is 0 Å². The Morgan fingerprint density at radius 2 is 2.38 bits per heavy atom. The number of fused-ring (bicyclic) bond motifs is 1. The Hall–Kier alpha value is -1.84. The number of H-pyrrole nitrogens is 1. The summed E-state index contributed by atoms with van der Waals surface area (Å²) in [5.74, 6) is -0.928. The van der Waals surface area contributed by atoms with Gasteiger partial charge in [-0.1, -0.05) is 0 Å². The molecule has 2 N–H and O–H groups in total. The number of aromatic nitrogens is 2. The van der Waals surface area contributed by atoms with E-state index in [9.17, 15) is 4.79 Å². The second kappa shape index (κ2) is 2.58. The zero-order chi connectivity index (χ0) is 9.42. The van der Waals surface area contributed by atoms with Gasteiger partial charge in [0.05, 0.1) is 5.56 Å². The maximum Gasteiger partial charge on any atom is 0.337 e. The molecule has 0 saturated carbocycles. The van der Waals surface area contributed by atoms with E-state index < -0.39 is 5.97 Å². The van der Waals surface area contributed by atoms with Crippen LogP contribution in [0.4, 0.5) is 0 Å². The number of carboxylic acids is 1. The van der Waals surface area contributed by atoms with Crippen LogP contribution in [0.15, 0.2) is 18.5 Å². The van der Waals surface area contributed by atoms with Gasteiger partial charge < -0.3 is 10.1 Å². The molecule has 4 heteroatoms. The summed E-state index contributed by atoms with van der Waals surface area (Å²) in [6, 6.07) is 1.79. The minimum atomic E-state index is -0.928. The minimum Gasteiger partial charge on any atom is -0.478 e. The van der Waals surface area contributed by atoms with E-state index in [0.29, 0.717) is 11.0 Å². The molecule has 66 valence electrons. The summed E-state index contributed by atoms with van der Waals surface area (Å²) in [6.45, 7) is 1.87. The normalized spacial score (nSPS) is 10.5. The summed E-state index contributed by atoms with van der Waals surface area (Å²) >= 11 is 0. The Morgan fingerprint density at radius 3 is 3.08 bits per heavy atom. The summed E-state index contributed by atoms with van der Waals surface area (Å²) in [5.41, 5.74) is 1.82. The van der Waals surface area contributed by atoms with Crippen LogP contribution in [0.5, 0.6) is 0 Å². The van der Waals surface area contributed by atoms with Crippen molar-refractivity contribution < 1.29 is 9.90 Å². The first-order valence-corrected chi connectivity index (χ1v) is 3.86. The van der Waals surface area contributed by atoms with Crippen LogP contribution in [0, 0.1) is 6.92 Å². The van der Waals surface area contributed by atoms with Crippen LogP contribution in [0.1, 0.15) is 15.9 Å². The lowest BCUT2D eigenvalue weighted by Gasteiger charge is -1.95. The molecule has 0 aliphatic rings. The summed E-state index contributed by atoms with van der Waals surface area (Å²) in [6.07, 6.45) is 3.12. The largest absolute Gasteiger partial charge is 0.478 e. The Kier molecular flexibility index (Phi) is 1.55.